The zero-order valence-electron chi connectivity index (χ0n) is 52.6. The molecule has 0 aliphatic carbocycles. The van der Waals surface area contributed by atoms with Crippen molar-refractivity contribution in [1.82, 2.24) is 0 Å². The molecule has 0 saturated carbocycles. The van der Waals surface area contributed by atoms with Crippen LogP contribution in [-0.2, 0) is 28.6 Å². The number of esters is 3. The van der Waals surface area contributed by atoms with Gasteiger partial charge in [0, 0.05) is 19.3 Å². The number of carbonyl (C=O) groups is 3. The van der Waals surface area contributed by atoms with E-state index in [0.29, 0.717) is 19.3 Å². The first-order chi connectivity index (χ1) is 39.5. The van der Waals surface area contributed by atoms with Crippen molar-refractivity contribution in [3.8, 4) is 0 Å². The number of carbonyl (C=O) groups excluding carboxylic acids is 3. The number of hydrogen-bond acceptors (Lipinski definition) is 6. The van der Waals surface area contributed by atoms with Gasteiger partial charge in [-0.15, -0.1) is 0 Å². The fourth-order valence-electron chi connectivity index (χ4n) is 9.48. The Morgan fingerprint density at radius 2 is 0.487 bits per heavy atom. The van der Waals surface area contributed by atoms with Crippen molar-refractivity contribution >= 4 is 17.9 Å². The number of hydrogen-bond donors (Lipinski definition) is 0. The van der Waals surface area contributed by atoms with Gasteiger partial charge in [-0.05, 0) is 122 Å². The molecule has 0 aromatic heterocycles. The first-order valence-electron chi connectivity index (χ1n) is 33.9. The highest BCUT2D eigenvalue weighted by Gasteiger charge is 2.19. The third-order valence-electron chi connectivity index (χ3n) is 14.5. The Hall–Kier alpha value is -3.93. The van der Waals surface area contributed by atoms with Crippen molar-refractivity contribution in [3.05, 3.63) is 109 Å². The molecular weight excluding hydrogens is 985 g/mol. The van der Waals surface area contributed by atoms with E-state index in [-0.39, 0.29) is 31.1 Å². The smallest absolute Gasteiger partial charge is 0.306 e. The molecule has 0 saturated heterocycles. The minimum atomic E-state index is -0.798. The van der Waals surface area contributed by atoms with Crippen molar-refractivity contribution < 1.29 is 28.6 Å². The Morgan fingerprint density at radius 3 is 0.775 bits per heavy atom. The van der Waals surface area contributed by atoms with Gasteiger partial charge < -0.3 is 14.2 Å². The van der Waals surface area contributed by atoms with E-state index < -0.39 is 6.10 Å². The standard InChI is InChI=1S/C74H126O6/c1-4-7-10-13-16-19-22-25-27-29-30-31-32-33-34-35-36-37-38-39-40-41-42-43-44-45-47-49-52-55-58-61-64-67-73(76)79-70-71(69-78-72(75)66-63-60-57-54-51-48-24-21-18-15-12-9-6-3)80-74(77)68-65-62-59-56-53-50-46-28-26-23-20-17-14-11-8-5-2/h7,9-10,12,16,18-21,23,25,27-28,30-31,46,48,51,71H,4-6,8,11,13-15,17,22,24,26,29,32-45,47,49-50,52-70H2,1-3H3/b10-7-,12-9-,19-16-,21-18-,23-20-,27-25-,31-30-,46-28-,51-48-. The summed E-state index contributed by atoms with van der Waals surface area (Å²) < 4.78 is 16.9. The second-order valence-corrected chi connectivity index (χ2v) is 22.3. The lowest BCUT2D eigenvalue weighted by atomic mass is 10.0. The minimum Gasteiger partial charge on any atom is -0.462 e. The van der Waals surface area contributed by atoms with Crippen LogP contribution in [-0.4, -0.2) is 37.2 Å². The quantitative estimate of drug-likeness (QED) is 0.0261. The van der Waals surface area contributed by atoms with Crippen LogP contribution in [0.2, 0.25) is 0 Å². The highest BCUT2D eigenvalue weighted by Crippen LogP contribution is 2.17. The Labute approximate surface area is 495 Å². The first-order valence-corrected chi connectivity index (χ1v) is 33.9. The maximum Gasteiger partial charge on any atom is 0.306 e. The lowest BCUT2D eigenvalue weighted by Crippen LogP contribution is -2.30. The van der Waals surface area contributed by atoms with E-state index in [1.807, 2.05) is 0 Å². The van der Waals surface area contributed by atoms with E-state index in [4.69, 9.17) is 14.2 Å². The Morgan fingerprint density at radius 1 is 0.263 bits per heavy atom. The summed E-state index contributed by atoms with van der Waals surface area (Å²) in [5.74, 6) is -0.925. The number of ether oxygens (including phenoxy) is 3. The Balaban J connectivity index is 4.17. The van der Waals surface area contributed by atoms with Crippen LogP contribution in [0.3, 0.4) is 0 Å². The molecular formula is C74H126O6. The second-order valence-electron chi connectivity index (χ2n) is 22.3. The average molecular weight is 1110 g/mol. The average Bonchev–Trinajstić information content (AvgIpc) is 3.46. The van der Waals surface area contributed by atoms with Crippen LogP contribution < -0.4 is 0 Å². The predicted octanol–water partition coefficient (Wildman–Crippen LogP) is 23.4. The summed E-state index contributed by atoms with van der Waals surface area (Å²) >= 11 is 0. The largest absolute Gasteiger partial charge is 0.462 e. The molecule has 0 aliphatic heterocycles. The van der Waals surface area contributed by atoms with Crippen LogP contribution in [0, 0.1) is 0 Å². The van der Waals surface area contributed by atoms with Gasteiger partial charge in [-0.1, -0.05) is 291 Å². The molecule has 0 aliphatic rings. The SMILES string of the molecule is CC/C=C\C/C=C\C/C=C\C/C=C\CCCCCCCCCCCCCCCCCCCCCCC(=O)OCC(COC(=O)CCCCC/C=C\C/C=C\C/C=C\CC)OC(=O)CCCCCCC/C=C\C/C=C\CCCCCC. The second kappa shape index (κ2) is 67.6. The maximum atomic E-state index is 12.9. The van der Waals surface area contributed by atoms with Gasteiger partial charge >= 0.3 is 17.9 Å². The molecule has 458 valence electrons. The van der Waals surface area contributed by atoms with Gasteiger partial charge in [0.15, 0.2) is 6.10 Å². The van der Waals surface area contributed by atoms with Crippen molar-refractivity contribution in [3.63, 3.8) is 0 Å². The van der Waals surface area contributed by atoms with E-state index in [2.05, 4.69) is 130 Å². The molecule has 0 fully saturated rings. The molecule has 0 rings (SSSR count). The van der Waals surface area contributed by atoms with Gasteiger partial charge in [-0.2, -0.15) is 0 Å². The van der Waals surface area contributed by atoms with Gasteiger partial charge in [0.2, 0.25) is 0 Å². The first kappa shape index (κ1) is 76.1. The monoisotopic (exact) mass is 1110 g/mol. The zero-order chi connectivity index (χ0) is 57.8. The third kappa shape index (κ3) is 64.9. The summed E-state index contributed by atoms with van der Waals surface area (Å²) in [6.45, 7) is 6.38. The highest BCUT2D eigenvalue weighted by atomic mass is 16.6. The normalized spacial score (nSPS) is 12.8. The summed E-state index contributed by atoms with van der Waals surface area (Å²) in [7, 11) is 0. The summed E-state index contributed by atoms with van der Waals surface area (Å²) in [4.78, 5) is 38.3. The summed E-state index contributed by atoms with van der Waals surface area (Å²) in [5.41, 5.74) is 0. The number of unbranched alkanes of at least 4 members (excludes halogenated alkanes) is 32. The Kier molecular flexibility index (Phi) is 64.3. The van der Waals surface area contributed by atoms with Gasteiger partial charge in [0.25, 0.3) is 0 Å². The van der Waals surface area contributed by atoms with E-state index in [1.165, 1.54) is 148 Å². The molecule has 6 nitrogen and oxygen atoms in total. The molecule has 80 heavy (non-hydrogen) atoms. The van der Waals surface area contributed by atoms with Crippen molar-refractivity contribution in [2.45, 2.75) is 329 Å². The van der Waals surface area contributed by atoms with Crippen molar-refractivity contribution in [2.75, 3.05) is 13.2 Å². The van der Waals surface area contributed by atoms with Gasteiger partial charge in [0.1, 0.15) is 13.2 Å². The number of allylic oxidation sites excluding steroid dienone is 18. The summed E-state index contributed by atoms with van der Waals surface area (Å²) in [5, 5.41) is 0. The van der Waals surface area contributed by atoms with Crippen LogP contribution in [0.25, 0.3) is 0 Å². The fourth-order valence-corrected chi connectivity index (χ4v) is 9.48. The molecule has 1 atom stereocenters. The van der Waals surface area contributed by atoms with Crippen LogP contribution in [0.1, 0.15) is 323 Å². The molecule has 0 radical (unpaired) electrons. The van der Waals surface area contributed by atoms with E-state index >= 15 is 0 Å². The molecule has 0 amide bonds. The van der Waals surface area contributed by atoms with Gasteiger partial charge in [-0.25, -0.2) is 0 Å². The van der Waals surface area contributed by atoms with E-state index in [1.54, 1.807) is 0 Å². The summed E-state index contributed by atoms with van der Waals surface area (Å²) in [6.07, 6.45) is 92.7. The van der Waals surface area contributed by atoms with Crippen molar-refractivity contribution in [2.24, 2.45) is 0 Å². The molecule has 0 heterocycles. The van der Waals surface area contributed by atoms with Crippen molar-refractivity contribution in [1.29, 1.82) is 0 Å². The molecule has 0 aromatic rings. The molecule has 0 spiro atoms. The molecule has 6 heteroatoms. The van der Waals surface area contributed by atoms with Crippen LogP contribution >= 0.6 is 0 Å². The number of rotatable bonds is 61. The Bertz CT molecular complexity index is 1610. The maximum absolute atomic E-state index is 12.9. The predicted molar refractivity (Wildman–Crippen MR) is 348 cm³/mol. The third-order valence-corrected chi connectivity index (χ3v) is 14.5. The molecule has 1 unspecified atom stereocenters. The topological polar surface area (TPSA) is 78.9 Å². The molecule has 0 aromatic carbocycles. The van der Waals surface area contributed by atoms with Crippen LogP contribution in [0.4, 0.5) is 0 Å². The van der Waals surface area contributed by atoms with E-state index in [0.717, 1.165) is 135 Å². The van der Waals surface area contributed by atoms with Crippen LogP contribution in [0.5, 0.6) is 0 Å². The molecule has 0 N–H and O–H groups in total. The fraction of sp³-hybridized carbons (Fsp3) is 0.716. The van der Waals surface area contributed by atoms with Gasteiger partial charge in [0.05, 0.1) is 0 Å². The lowest BCUT2D eigenvalue weighted by molar-refractivity contribution is -0.167. The summed E-state index contributed by atoms with van der Waals surface area (Å²) in [6, 6.07) is 0. The van der Waals surface area contributed by atoms with Crippen LogP contribution in [0.15, 0.2) is 109 Å². The van der Waals surface area contributed by atoms with E-state index in [9.17, 15) is 14.4 Å². The minimum absolute atomic E-state index is 0.0909. The van der Waals surface area contributed by atoms with Gasteiger partial charge in [-0.3, -0.25) is 14.4 Å². The highest BCUT2D eigenvalue weighted by molar-refractivity contribution is 5.71. The molecule has 0 bridgehead atoms. The zero-order valence-corrected chi connectivity index (χ0v) is 52.6. The lowest BCUT2D eigenvalue weighted by Gasteiger charge is -2.18.